The lowest BCUT2D eigenvalue weighted by atomic mass is 9.98. The highest BCUT2D eigenvalue weighted by Crippen LogP contribution is 2.29. The van der Waals surface area contributed by atoms with Crippen LogP contribution in [0.15, 0.2) is 18.2 Å². The van der Waals surface area contributed by atoms with Gasteiger partial charge in [0, 0.05) is 24.7 Å². The Morgan fingerprint density at radius 2 is 2.10 bits per heavy atom. The van der Waals surface area contributed by atoms with Crippen LogP contribution in [-0.4, -0.2) is 41.0 Å². The van der Waals surface area contributed by atoms with E-state index in [0.717, 1.165) is 32.4 Å². The van der Waals surface area contributed by atoms with E-state index in [1.54, 1.807) is 4.90 Å². The van der Waals surface area contributed by atoms with Crippen LogP contribution < -0.4 is 5.32 Å². The number of hydrogen-bond donors (Lipinski definition) is 2. The molecule has 2 aliphatic rings. The van der Waals surface area contributed by atoms with Crippen molar-refractivity contribution in [2.75, 3.05) is 13.1 Å². The largest absolute Gasteiger partial charge is 0.481 e. The molecule has 0 bridgehead atoms. The van der Waals surface area contributed by atoms with Crippen LogP contribution in [0.5, 0.6) is 0 Å². The number of fused-ring (bicyclic) bond motifs is 1. The Labute approximate surface area is 123 Å². The van der Waals surface area contributed by atoms with Gasteiger partial charge in [-0.2, -0.15) is 0 Å². The van der Waals surface area contributed by atoms with Crippen LogP contribution in [0.3, 0.4) is 0 Å². The molecule has 5 nitrogen and oxygen atoms in total. The van der Waals surface area contributed by atoms with Gasteiger partial charge in [0.1, 0.15) is 0 Å². The number of carbonyl (C=O) groups is 2. The van der Waals surface area contributed by atoms with E-state index in [4.69, 9.17) is 5.11 Å². The number of carbonyl (C=O) groups excluding carboxylic acids is 1. The van der Waals surface area contributed by atoms with Gasteiger partial charge in [0.2, 0.25) is 0 Å². The van der Waals surface area contributed by atoms with Gasteiger partial charge < -0.3 is 15.3 Å². The van der Waals surface area contributed by atoms with Crippen LogP contribution in [0.4, 0.5) is 0 Å². The number of rotatable bonds is 5. The van der Waals surface area contributed by atoms with Gasteiger partial charge in [-0.3, -0.25) is 9.59 Å². The van der Waals surface area contributed by atoms with Crippen molar-refractivity contribution in [3.8, 4) is 0 Å². The zero-order valence-corrected chi connectivity index (χ0v) is 12.0. The van der Waals surface area contributed by atoms with Crippen molar-refractivity contribution in [3.05, 3.63) is 34.9 Å². The number of nitrogens with one attached hydrogen (secondary N) is 1. The third-order valence-electron chi connectivity index (χ3n) is 4.15. The molecule has 0 radical (unpaired) electrons. The average molecular weight is 288 g/mol. The summed E-state index contributed by atoms with van der Waals surface area (Å²) in [6, 6.07) is 6.10. The number of aliphatic carboxylic acids is 1. The number of carboxylic acid groups (broad SMARTS) is 1. The van der Waals surface area contributed by atoms with E-state index in [1.165, 1.54) is 11.1 Å². The zero-order valence-electron chi connectivity index (χ0n) is 12.0. The maximum Gasteiger partial charge on any atom is 0.305 e. The molecule has 1 amide bonds. The molecule has 0 unspecified atom stereocenters. The van der Waals surface area contributed by atoms with Gasteiger partial charge >= 0.3 is 5.97 Å². The van der Waals surface area contributed by atoms with Crippen LogP contribution in [-0.2, 0) is 17.8 Å². The topological polar surface area (TPSA) is 69.6 Å². The Hall–Kier alpha value is -1.88. The molecule has 0 spiro atoms. The van der Waals surface area contributed by atoms with Gasteiger partial charge in [0.15, 0.2) is 0 Å². The van der Waals surface area contributed by atoms with Gasteiger partial charge in [0.05, 0.1) is 6.42 Å². The quantitative estimate of drug-likeness (QED) is 0.859. The first-order chi connectivity index (χ1) is 10.1. The summed E-state index contributed by atoms with van der Waals surface area (Å²) in [6.07, 6.45) is 2.97. The Kier molecular flexibility index (Phi) is 3.92. The highest BCUT2D eigenvalue weighted by molar-refractivity contribution is 5.95. The number of nitrogens with zero attached hydrogens (tertiary/aromatic N) is 1. The summed E-state index contributed by atoms with van der Waals surface area (Å²) in [6.45, 7) is 2.08. The molecular weight excluding hydrogens is 268 g/mol. The minimum absolute atomic E-state index is 0.00867. The van der Waals surface area contributed by atoms with Crippen LogP contribution >= 0.6 is 0 Å². The number of hydrogen-bond acceptors (Lipinski definition) is 3. The van der Waals surface area contributed by atoms with Crippen molar-refractivity contribution in [3.63, 3.8) is 0 Å². The maximum absolute atomic E-state index is 12.6. The van der Waals surface area contributed by atoms with E-state index >= 15 is 0 Å². The second-order valence-electron chi connectivity index (χ2n) is 5.78. The third-order valence-corrected chi connectivity index (χ3v) is 4.15. The molecule has 0 saturated heterocycles. The van der Waals surface area contributed by atoms with Crippen molar-refractivity contribution in [1.29, 1.82) is 0 Å². The average Bonchev–Trinajstić information content (AvgIpc) is 3.31. The van der Waals surface area contributed by atoms with Crippen LogP contribution in [0.2, 0.25) is 0 Å². The molecule has 0 aromatic heterocycles. The molecule has 112 valence electrons. The SMILES string of the molecule is O=C(O)CCN(C(=O)c1ccc2c(c1)CNCC2)C1CC1. The standard InChI is InChI=1S/C16H20N2O3/c19-15(20)6-8-18(14-3-4-14)16(21)12-2-1-11-5-7-17-10-13(11)9-12/h1-2,9,14,17H,3-8,10H2,(H,19,20). The molecule has 0 atom stereocenters. The van der Waals surface area contributed by atoms with Gasteiger partial charge in [-0.15, -0.1) is 0 Å². The second-order valence-corrected chi connectivity index (χ2v) is 5.78. The molecule has 1 heterocycles. The highest BCUT2D eigenvalue weighted by Gasteiger charge is 2.33. The molecule has 5 heteroatoms. The molecule has 1 fully saturated rings. The molecule has 1 saturated carbocycles. The summed E-state index contributed by atoms with van der Waals surface area (Å²) in [7, 11) is 0. The number of carboxylic acids is 1. The molecule has 3 rings (SSSR count). The summed E-state index contributed by atoms with van der Waals surface area (Å²) in [4.78, 5) is 25.1. The van der Waals surface area contributed by atoms with Crippen molar-refractivity contribution in [1.82, 2.24) is 10.2 Å². The minimum atomic E-state index is -0.858. The molecule has 1 aliphatic carbocycles. The first kappa shape index (κ1) is 14.1. The van der Waals surface area contributed by atoms with Gasteiger partial charge in [0.25, 0.3) is 5.91 Å². The molecule has 1 aliphatic heterocycles. The van der Waals surface area contributed by atoms with Crippen LogP contribution in [0, 0.1) is 0 Å². The lowest BCUT2D eigenvalue weighted by molar-refractivity contribution is -0.137. The fraction of sp³-hybridized carbons (Fsp3) is 0.500. The van der Waals surface area contributed by atoms with Crippen molar-refractivity contribution in [2.45, 2.75) is 38.3 Å². The van der Waals surface area contributed by atoms with E-state index in [-0.39, 0.29) is 18.4 Å². The normalized spacial score (nSPS) is 17.1. The molecular formula is C16H20N2O3. The first-order valence-corrected chi connectivity index (χ1v) is 7.50. The Morgan fingerprint density at radius 1 is 1.29 bits per heavy atom. The predicted octanol–water partition coefficient (Wildman–Crippen LogP) is 1.41. The lowest BCUT2D eigenvalue weighted by Crippen LogP contribution is -2.35. The summed E-state index contributed by atoms with van der Waals surface area (Å²) in [5, 5.41) is 12.1. The van der Waals surface area contributed by atoms with Crippen LogP contribution in [0.1, 0.15) is 40.7 Å². The molecule has 1 aromatic rings. The van der Waals surface area contributed by atoms with Gasteiger partial charge in [-0.25, -0.2) is 0 Å². The first-order valence-electron chi connectivity index (χ1n) is 7.50. The third kappa shape index (κ3) is 3.24. The van der Waals surface area contributed by atoms with Crippen molar-refractivity contribution < 1.29 is 14.7 Å². The molecule has 1 aromatic carbocycles. The predicted molar refractivity (Wildman–Crippen MR) is 78.2 cm³/mol. The summed E-state index contributed by atoms with van der Waals surface area (Å²) in [5.74, 6) is -0.893. The Balaban J connectivity index is 1.77. The smallest absolute Gasteiger partial charge is 0.305 e. The fourth-order valence-corrected chi connectivity index (χ4v) is 2.83. The Morgan fingerprint density at radius 3 is 2.81 bits per heavy atom. The summed E-state index contributed by atoms with van der Waals surface area (Å²) >= 11 is 0. The Bertz CT molecular complexity index is 567. The molecule has 2 N–H and O–H groups in total. The van der Waals surface area contributed by atoms with E-state index in [9.17, 15) is 9.59 Å². The monoisotopic (exact) mass is 288 g/mol. The summed E-state index contributed by atoms with van der Waals surface area (Å²) in [5.41, 5.74) is 3.16. The maximum atomic E-state index is 12.6. The fourth-order valence-electron chi connectivity index (χ4n) is 2.83. The van der Waals surface area contributed by atoms with Gasteiger partial charge in [-0.05, 0) is 49.1 Å². The number of amides is 1. The highest BCUT2D eigenvalue weighted by atomic mass is 16.4. The van der Waals surface area contributed by atoms with E-state index in [1.807, 2.05) is 18.2 Å². The summed E-state index contributed by atoms with van der Waals surface area (Å²) < 4.78 is 0. The number of benzene rings is 1. The lowest BCUT2D eigenvalue weighted by Gasteiger charge is -2.23. The van der Waals surface area contributed by atoms with Crippen LogP contribution in [0.25, 0.3) is 0 Å². The second kappa shape index (κ2) is 5.85. The van der Waals surface area contributed by atoms with E-state index in [0.29, 0.717) is 12.1 Å². The van der Waals surface area contributed by atoms with Crippen molar-refractivity contribution in [2.24, 2.45) is 0 Å². The van der Waals surface area contributed by atoms with E-state index < -0.39 is 5.97 Å². The minimum Gasteiger partial charge on any atom is -0.481 e. The van der Waals surface area contributed by atoms with Gasteiger partial charge in [-0.1, -0.05) is 6.07 Å². The van der Waals surface area contributed by atoms with Crippen molar-refractivity contribution >= 4 is 11.9 Å². The molecule has 21 heavy (non-hydrogen) atoms. The van der Waals surface area contributed by atoms with E-state index in [2.05, 4.69) is 5.32 Å². The zero-order chi connectivity index (χ0) is 14.8.